The number of hydrogen-bond donors (Lipinski definition) is 0. The highest BCUT2D eigenvalue weighted by atomic mass is 15.0. The van der Waals surface area contributed by atoms with E-state index in [0.717, 1.165) is 11.3 Å². The highest BCUT2D eigenvalue weighted by Gasteiger charge is 2.12. The molecule has 74 valence electrons. The Morgan fingerprint density at radius 1 is 1.29 bits per heavy atom. The predicted molar refractivity (Wildman–Crippen MR) is 57.3 cm³/mol. The summed E-state index contributed by atoms with van der Waals surface area (Å²) in [7, 11) is 2.02. The molecular weight excluding hydrogens is 174 g/mol. The molecule has 0 spiro atoms. The average molecular weight is 189 g/mol. The van der Waals surface area contributed by atoms with Gasteiger partial charge in [0.05, 0.1) is 5.69 Å². The highest BCUT2D eigenvalue weighted by Crippen LogP contribution is 2.25. The van der Waals surface area contributed by atoms with Gasteiger partial charge in [-0.3, -0.25) is 0 Å². The summed E-state index contributed by atoms with van der Waals surface area (Å²) in [5.41, 5.74) is 3.43. The molecule has 2 rings (SSSR count). The van der Waals surface area contributed by atoms with Gasteiger partial charge in [-0.05, 0) is 18.4 Å². The third kappa shape index (κ3) is 1.20. The van der Waals surface area contributed by atoms with Crippen LogP contribution in [0.5, 0.6) is 0 Å². The first-order chi connectivity index (χ1) is 6.61. The van der Waals surface area contributed by atoms with E-state index >= 15 is 0 Å². The van der Waals surface area contributed by atoms with Crippen molar-refractivity contribution in [2.75, 3.05) is 0 Å². The average Bonchev–Trinajstić information content (AvgIpc) is 2.43. The Labute approximate surface area is 83.8 Å². The zero-order valence-corrected chi connectivity index (χ0v) is 9.07. The molecule has 0 aromatic carbocycles. The summed E-state index contributed by atoms with van der Waals surface area (Å²) >= 11 is 0. The molecule has 2 heterocycles. The van der Waals surface area contributed by atoms with E-state index in [1.165, 1.54) is 10.9 Å². The molecule has 2 aromatic rings. The van der Waals surface area contributed by atoms with Crippen molar-refractivity contribution in [1.29, 1.82) is 0 Å². The number of hydrogen-bond acceptors (Lipinski definition) is 2. The van der Waals surface area contributed by atoms with Crippen LogP contribution in [0, 0.1) is 6.92 Å². The van der Waals surface area contributed by atoms with Crippen molar-refractivity contribution < 1.29 is 0 Å². The van der Waals surface area contributed by atoms with E-state index in [9.17, 15) is 0 Å². The van der Waals surface area contributed by atoms with Crippen molar-refractivity contribution in [1.82, 2.24) is 14.5 Å². The van der Waals surface area contributed by atoms with Crippen LogP contribution < -0.4 is 0 Å². The molecule has 2 aromatic heterocycles. The predicted octanol–water partition coefficient (Wildman–Crippen LogP) is 2.40. The summed E-state index contributed by atoms with van der Waals surface area (Å²) in [5, 5.41) is 1.21. The smallest absolute Gasteiger partial charge is 0.143 e. The van der Waals surface area contributed by atoms with E-state index in [2.05, 4.69) is 41.5 Å². The molecule has 0 bridgehead atoms. The molecule has 0 atom stereocenters. The molecule has 3 heteroatoms. The molecule has 3 nitrogen and oxygen atoms in total. The van der Waals surface area contributed by atoms with E-state index in [0.29, 0.717) is 5.92 Å². The Morgan fingerprint density at radius 3 is 2.64 bits per heavy atom. The summed E-state index contributed by atoms with van der Waals surface area (Å²) in [6, 6.07) is 0. The minimum absolute atomic E-state index is 0.446. The maximum absolute atomic E-state index is 4.36. The lowest BCUT2D eigenvalue weighted by molar-refractivity contribution is 0.825. The molecule has 0 aliphatic carbocycles. The zero-order chi connectivity index (χ0) is 10.3. The maximum atomic E-state index is 4.36. The van der Waals surface area contributed by atoms with Crippen molar-refractivity contribution in [3.63, 3.8) is 0 Å². The van der Waals surface area contributed by atoms with Crippen LogP contribution in [0.2, 0.25) is 0 Å². The Balaban J connectivity index is 2.85. The minimum Gasteiger partial charge on any atom is -0.335 e. The van der Waals surface area contributed by atoms with E-state index in [-0.39, 0.29) is 0 Å². The summed E-state index contributed by atoms with van der Waals surface area (Å²) in [5.74, 6) is 0.446. The van der Waals surface area contributed by atoms with Crippen molar-refractivity contribution in [3.8, 4) is 0 Å². The van der Waals surface area contributed by atoms with Gasteiger partial charge in [0, 0.05) is 18.6 Å². The van der Waals surface area contributed by atoms with Crippen LogP contribution >= 0.6 is 0 Å². The largest absolute Gasteiger partial charge is 0.335 e. The lowest BCUT2D eigenvalue weighted by atomic mass is 10.1. The van der Waals surface area contributed by atoms with Gasteiger partial charge in [0.25, 0.3) is 0 Å². The second-order valence-electron chi connectivity index (χ2n) is 4.04. The van der Waals surface area contributed by atoms with Crippen LogP contribution in [0.25, 0.3) is 11.0 Å². The SMILES string of the molecule is Cc1cn(C)c2ncnc(C(C)C)c12. The summed E-state index contributed by atoms with van der Waals surface area (Å²) in [4.78, 5) is 8.65. The van der Waals surface area contributed by atoms with E-state index in [1.807, 2.05) is 7.05 Å². The Hall–Kier alpha value is -1.38. The van der Waals surface area contributed by atoms with E-state index in [4.69, 9.17) is 0 Å². The Bertz CT molecular complexity index is 469. The van der Waals surface area contributed by atoms with Crippen molar-refractivity contribution in [2.24, 2.45) is 7.05 Å². The van der Waals surface area contributed by atoms with Gasteiger partial charge in [0.1, 0.15) is 12.0 Å². The van der Waals surface area contributed by atoms with Crippen LogP contribution in [-0.2, 0) is 7.05 Å². The lowest BCUT2D eigenvalue weighted by Crippen LogP contribution is -1.96. The van der Waals surface area contributed by atoms with E-state index < -0.39 is 0 Å². The number of nitrogens with zero attached hydrogens (tertiary/aromatic N) is 3. The van der Waals surface area contributed by atoms with Crippen molar-refractivity contribution in [3.05, 3.63) is 23.8 Å². The molecule has 0 radical (unpaired) electrons. The fraction of sp³-hybridized carbons (Fsp3) is 0.455. The monoisotopic (exact) mass is 189 g/mol. The van der Waals surface area contributed by atoms with Gasteiger partial charge >= 0.3 is 0 Å². The first-order valence-electron chi connectivity index (χ1n) is 4.87. The van der Waals surface area contributed by atoms with Crippen LogP contribution in [0.15, 0.2) is 12.5 Å². The number of rotatable bonds is 1. The quantitative estimate of drug-likeness (QED) is 0.689. The molecule has 0 unspecified atom stereocenters. The van der Waals surface area contributed by atoms with Crippen molar-refractivity contribution in [2.45, 2.75) is 26.7 Å². The van der Waals surface area contributed by atoms with Gasteiger partial charge in [-0.15, -0.1) is 0 Å². The van der Waals surface area contributed by atoms with Gasteiger partial charge < -0.3 is 4.57 Å². The second kappa shape index (κ2) is 3.08. The summed E-state index contributed by atoms with van der Waals surface area (Å²) < 4.78 is 2.05. The molecule has 0 amide bonds. The molecule has 0 N–H and O–H groups in total. The molecule has 14 heavy (non-hydrogen) atoms. The highest BCUT2D eigenvalue weighted by molar-refractivity contribution is 5.82. The molecule has 0 aliphatic rings. The van der Waals surface area contributed by atoms with Crippen LogP contribution in [0.4, 0.5) is 0 Å². The van der Waals surface area contributed by atoms with Gasteiger partial charge in [0.15, 0.2) is 0 Å². The van der Waals surface area contributed by atoms with Crippen LogP contribution in [-0.4, -0.2) is 14.5 Å². The van der Waals surface area contributed by atoms with Crippen LogP contribution in [0.1, 0.15) is 31.0 Å². The van der Waals surface area contributed by atoms with Gasteiger partial charge in [-0.25, -0.2) is 9.97 Å². The molecule has 0 saturated carbocycles. The topological polar surface area (TPSA) is 30.7 Å². The second-order valence-corrected chi connectivity index (χ2v) is 4.04. The molecule has 0 saturated heterocycles. The Kier molecular flexibility index (Phi) is 2.02. The molecular formula is C11H15N3. The minimum atomic E-state index is 0.446. The third-order valence-corrected chi connectivity index (χ3v) is 2.52. The molecule has 0 aliphatic heterocycles. The number of aromatic nitrogens is 3. The fourth-order valence-electron chi connectivity index (χ4n) is 1.89. The first kappa shape index (κ1) is 9.19. The van der Waals surface area contributed by atoms with Gasteiger partial charge in [-0.1, -0.05) is 13.8 Å². The zero-order valence-electron chi connectivity index (χ0n) is 9.07. The lowest BCUT2D eigenvalue weighted by Gasteiger charge is -2.05. The first-order valence-corrected chi connectivity index (χ1v) is 4.87. The van der Waals surface area contributed by atoms with E-state index in [1.54, 1.807) is 6.33 Å². The van der Waals surface area contributed by atoms with Crippen molar-refractivity contribution >= 4 is 11.0 Å². The summed E-state index contributed by atoms with van der Waals surface area (Å²) in [6.07, 6.45) is 3.75. The standard InChI is InChI=1S/C11H15N3/c1-7(2)10-9-8(3)5-14(4)11(9)13-6-12-10/h5-7H,1-4H3. The fourth-order valence-corrected chi connectivity index (χ4v) is 1.89. The summed E-state index contributed by atoms with van der Waals surface area (Å²) in [6.45, 7) is 6.43. The van der Waals surface area contributed by atoms with Gasteiger partial charge in [-0.2, -0.15) is 0 Å². The van der Waals surface area contributed by atoms with Crippen LogP contribution in [0.3, 0.4) is 0 Å². The molecule has 0 fully saturated rings. The normalized spacial score (nSPS) is 11.5. The van der Waals surface area contributed by atoms with Gasteiger partial charge in [0.2, 0.25) is 0 Å². The maximum Gasteiger partial charge on any atom is 0.143 e. The third-order valence-electron chi connectivity index (χ3n) is 2.52. The Morgan fingerprint density at radius 2 is 2.00 bits per heavy atom. The number of aryl methyl sites for hydroxylation is 2. The number of fused-ring (bicyclic) bond motifs is 1.